The zero-order chi connectivity index (χ0) is 15.9. The van der Waals surface area contributed by atoms with E-state index in [2.05, 4.69) is 24.1 Å². The topological polar surface area (TPSA) is 43.4 Å². The Morgan fingerprint density at radius 3 is 2.67 bits per heavy atom. The van der Waals surface area contributed by atoms with E-state index >= 15 is 0 Å². The number of nitrogens with one attached hydrogen (secondary N) is 1. The molecule has 0 aliphatic carbocycles. The third-order valence-corrected chi connectivity index (χ3v) is 3.59. The molecule has 1 heterocycles. The van der Waals surface area contributed by atoms with Gasteiger partial charge in [-0.05, 0) is 32.4 Å². The van der Waals surface area contributed by atoms with Gasteiger partial charge in [0.05, 0.1) is 22.9 Å². The molecule has 0 fully saturated rings. The molecule has 0 saturated carbocycles. The Morgan fingerprint density at radius 1 is 1.33 bits per heavy atom. The van der Waals surface area contributed by atoms with Gasteiger partial charge in [-0.25, -0.2) is 4.98 Å². The summed E-state index contributed by atoms with van der Waals surface area (Å²) in [6.07, 6.45) is 0.800. The summed E-state index contributed by atoms with van der Waals surface area (Å²) in [6, 6.07) is 3.63. The predicted molar refractivity (Wildman–Crippen MR) is 87.0 cm³/mol. The van der Waals surface area contributed by atoms with Gasteiger partial charge in [-0.1, -0.05) is 25.4 Å². The van der Waals surface area contributed by atoms with E-state index in [4.69, 9.17) is 21.1 Å². The number of methoxy groups -OCH3 is 1. The number of hydrogen-bond donors (Lipinski definition) is 1. The molecule has 0 aromatic carbocycles. The van der Waals surface area contributed by atoms with Gasteiger partial charge < -0.3 is 14.8 Å². The van der Waals surface area contributed by atoms with E-state index < -0.39 is 0 Å². The summed E-state index contributed by atoms with van der Waals surface area (Å²) in [5.41, 5.74) is 0.634. The zero-order valence-electron chi connectivity index (χ0n) is 13.7. The van der Waals surface area contributed by atoms with Crippen LogP contribution in [0.15, 0.2) is 12.1 Å². The van der Waals surface area contributed by atoms with E-state index in [1.54, 1.807) is 13.2 Å². The van der Waals surface area contributed by atoms with Crippen molar-refractivity contribution in [2.75, 3.05) is 20.3 Å². The average Bonchev–Trinajstić information content (AvgIpc) is 2.41. The lowest BCUT2D eigenvalue weighted by molar-refractivity contribution is 0.00507. The second-order valence-electron chi connectivity index (χ2n) is 6.17. The van der Waals surface area contributed by atoms with Crippen molar-refractivity contribution in [2.45, 2.75) is 46.3 Å². The van der Waals surface area contributed by atoms with Crippen LogP contribution in [0.2, 0.25) is 5.02 Å². The first-order valence-electron chi connectivity index (χ1n) is 7.38. The molecule has 4 nitrogen and oxygen atoms in total. The van der Waals surface area contributed by atoms with Gasteiger partial charge in [0, 0.05) is 26.1 Å². The first kappa shape index (κ1) is 18.2. The Bertz CT molecular complexity index is 436. The first-order valence-corrected chi connectivity index (χ1v) is 7.76. The van der Waals surface area contributed by atoms with Crippen LogP contribution in [0.25, 0.3) is 0 Å². The van der Waals surface area contributed by atoms with Gasteiger partial charge in [-0.2, -0.15) is 0 Å². The minimum atomic E-state index is -0.186. The van der Waals surface area contributed by atoms with Crippen molar-refractivity contribution in [3.63, 3.8) is 0 Å². The molecule has 120 valence electrons. The van der Waals surface area contributed by atoms with E-state index in [9.17, 15) is 0 Å². The van der Waals surface area contributed by atoms with Crippen molar-refractivity contribution in [1.29, 1.82) is 0 Å². The Hall–Kier alpha value is -0.840. The number of pyridine rings is 1. The van der Waals surface area contributed by atoms with Crippen LogP contribution >= 0.6 is 11.6 Å². The second-order valence-corrected chi connectivity index (χ2v) is 6.57. The molecule has 0 unspecified atom stereocenters. The van der Waals surface area contributed by atoms with Crippen molar-refractivity contribution < 1.29 is 9.47 Å². The molecular formula is C16H27ClN2O2. The number of aromatic nitrogens is 1. The fourth-order valence-electron chi connectivity index (χ4n) is 1.65. The molecular weight excluding hydrogens is 288 g/mol. The van der Waals surface area contributed by atoms with Gasteiger partial charge >= 0.3 is 0 Å². The summed E-state index contributed by atoms with van der Waals surface area (Å²) in [5.74, 6) is 1.20. The molecule has 1 aromatic rings. The van der Waals surface area contributed by atoms with Gasteiger partial charge in [0.2, 0.25) is 5.88 Å². The summed E-state index contributed by atoms with van der Waals surface area (Å²) in [4.78, 5) is 4.46. The van der Waals surface area contributed by atoms with Crippen LogP contribution in [0.4, 0.5) is 0 Å². The highest BCUT2D eigenvalue weighted by atomic mass is 35.5. The number of hydrogen-bond acceptors (Lipinski definition) is 4. The summed E-state index contributed by atoms with van der Waals surface area (Å²) >= 11 is 6.16. The Labute approximate surface area is 133 Å². The van der Waals surface area contributed by atoms with Gasteiger partial charge in [0.15, 0.2) is 0 Å². The number of nitrogens with zero attached hydrogens (tertiary/aromatic N) is 1. The van der Waals surface area contributed by atoms with Gasteiger partial charge in [-0.15, -0.1) is 0 Å². The minimum Gasteiger partial charge on any atom is -0.478 e. The fourth-order valence-corrected chi connectivity index (χ4v) is 1.82. The molecule has 0 amide bonds. The molecule has 0 bridgehead atoms. The lowest BCUT2D eigenvalue weighted by atomic mass is 10.1. The van der Waals surface area contributed by atoms with Gasteiger partial charge in [0.25, 0.3) is 0 Å². The molecule has 0 saturated heterocycles. The van der Waals surface area contributed by atoms with Crippen molar-refractivity contribution in [3.05, 3.63) is 22.8 Å². The lowest BCUT2D eigenvalue weighted by Crippen LogP contribution is -2.25. The van der Waals surface area contributed by atoms with Crippen molar-refractivity contribution in [3.8, 4) is 5.88 Å². The smallest absolute Gasteiger partial charge is 0.213 e. The second kappa shape index (κ2) is 8.57. The maximum absolute atomic E-state index is 6.16. The highest BCUT2D eigenvalue weighted by molar-refractivity contribution is 6.31. The molecule has 0 atom stereocenters. The van der Waals surface area contributed by atoms with E-state index in [1.807, 2.05) is 19.9 Å². The van der Waals surface area contributed by atoms with Crippen molar-refractivity contribution in [2.24, 2.45) is 5.92 Å². The van der Waals surface area contributed by atoms with Crippen molar-refractivity contribution >= 4 is 11.6 Å². The maximum Gasteiger partial charge on any atom is 0.213 e. The van der Waals surface area contributed by atoms with Crippen molar-refractivity contribution in [1.82, 2.24) is 10.3 Å². The quantitative estimate of drug-likeness (QED) is 0.755. The number of halogens is 1. The Kier molecular flexibility index (Phi) is 7.43. The van der Waals surface area contributed by atoms with Crippen LogP contribution < -0.4 is 10.1 Å². The van der Waals surface area contributed by atoms with Gasteiger partial charge in [-0.3, -0.25) is 0 Å². The van der Waals surface area contributed by atoms with Crippen LogP contribution in [0.1, 0.15) is 39.8 Å². The summed E-state index contributed by atoms with van der Waals surface area (Å²) < 4.78 is 11.1. The van der Waals surface area contributed by atoms with Crippen LogP contribution in [0.3, 0.4) is 0 Å². The van der Waals surface area contributed by atoms with E-state index in [1.165, 1.54) is 0 Å². The molecule has 21 heavy (non-hydrogen) atoms. The predicted octanol–water partition coefficient (Wildman–Crippen LogP) is 3.67. The molecule has 0 aliphatic heterocycles. The Balaban J connectivity index is 2.52. The van der Waals surface area contributed by atoms with E-state index in [0.29, 0.717) is 30.0 Å². The monoisotopic (exact) mass is 314 g/mol. The standard InChI is InChI=1S/C16H27ClN2O2/c1-12(2)10-18-11-14-13(17)6-7-15(19-14)21-9-8-16(3,4)20-5/h6-7,12,18H,8-11H2,1-5H3. The molecule has 0 aliphatic rings. The van der Waals surface area contributed by atoms with E-state index in [0.717, 1.165) is 18.7 Å². The largest absolute Gasteiger partial charge is 0.478 e. The summed E-state index contributed by atoms with van der Waals surface area (Å²) in [5, 5.41) is 4.00. The molecule has 1 aromatic heterocycles. The van der Waals surface area contributed by atoms with E-state index in [-0.39, 0.29) is 5.60 Å². The highest BCUT2D eigenvalue weighted by Crippen LogP contribution is 2.19. The normalized spacial score (nSPS) is 12.0. The molecule has 0 radical (unpaired) electrons. The molecule has 1 N–H and O–H groups in total. The lowest BCUT2D eigenvalue weighted by Gasteiger charge is -2.22. The Morgan fingerprint density at radius 2 is 2.05 bits per heavy atom. The molecule has 0 spiro atoms. The third-order valence-electron chi connectivity index (χ3n) is 3.24. The number of rotatable bonds is 9. The maximum atomic E-state index is 6.16. The molecule has 5 heteroatoms. The summed E-state index contributed by atoms with van der Waals surface area (Å²) in [6.45, 7) is 10.6. The van der Waals surface area contributed by atoms with Crippen LogP contribution in [0.5, 0.6) is 5.88 Å². The molecule has 1 rings (SSSR count). The minimum absolute atomic E-state index is 0.186. The first-order chi connectivity index (χ1) is 9.84. The fraction of sp³-hybridized carbons (Fsp3) is 0.688. The zero-order valence-corrected chi connectivity index (χ0v) is 14.5. The van der Waals surface area contributed by atoms with Gasteiger partial charge in [0.1, 0.15) is 0 Å². The highest BCUT2D eigenvalue weighted by Gasteiger charge is 2.16. The summed E-state index contributed by atoms with van der Waals surface area (Å²) in [7, 11) is 1.71. The third kappa shape index (κ3) is 7.11. The number of ether oxygens (including phenoxy) is 2. The van der Waals surface area contributed by atoms with Crippen LogP contribution in [-0.4, -0.2) is 30.8 Å². The van der Waals surface area contributed by atoms with Crippen LogP contribution in [-0.2, 0) is 11.3 Å². The SMILES string of the molecule is COC(C)(C)CCOc1ccc(Cl)c(CNCC(C)C)n1. The van der Waals surface area contributed by atoms with Crippen LogP contribution in [0, 0.1) is 5.92 Å². The average molecular weight is 315 g/mol.